The topological polar surface area (TPSA) is 107 Å². The van der Waals surface area contributed by atoms with E-state index in [1.807, 2.05) is 0 Å². The zero-order valence-corrected chi connectivity index (χ0v) is 18.7. The van der Waals surface area contributed by atoms with Crippen molar-refractivity contribution >= 4 is 46.1 Å². The van der Waals surface area contributed by atoms with E-state index in [0.717, 1.165) is 18.1 Å². The molecule has 32 heavy (non-hydrogen) atoms. The lowest BCUT2D eigenvalue weighted by Crippen LogP contribution is -2.37. The molecule has 10 heteroatoms. The number of piperidine rings is 1. The number of phenols is 1. The number of benzene rings is 2. The Bertz CT molecular complexity index is 1100. The van der Waals surface area contributed by atoms with Crippen molar-refractivity contribution < 1.29 is 14.7 Å². The Kier molecular flexibility index (Phi) is 6.99. The number of hydrogen-bond donors (Lipinski definition) is 3. The van der Waals surface area contributed by atoms with Crippen molar-refractivity contribution in [3.05, 3.63) is 63.6 Å². The number of carbonyl (C=O) groups excluding carboxylic acids is 2. The van der Waals surface area contributed by atoms with E-state index >= 15 is 0 Å². The highest BCUT2D eigenvalue weighted by molar-refractivity contribution is 7.13. The van der Waals surface area contributed by atoms with Crippen LogP contribution in [0.15, 0.2) is 48.5 Å². The number of phenolic OH excluding ortho intramolecular Hbond substituents is 1. The molecule has 2 aromatic carbocycles. The third-order valence-corrected chi connectivity index (χ3v) is 6.40. The molecule has 0 atom stereocenters. The summed E-state index contributed by atoms with van der Waals surface area (Å²) >= 11 is 7.12. The Labute approximate surface area is 194 Å². The zero-order valence-electron chi connectivity index (χ0n) is 17.1. The molecular formula is C22H22ClN5O3S. The van der Waals surface area contributed by atoms with E-state index in [1.54, 1.807) is 48.5 Å². The van der Waals surface area contributed by atoms with Gasteiger partial charge in [0.05, 0.1) is 12.2 Å². The highest BCUT2D eigenvalue weighted by atomic mass is 35.5. The van der Waals surface area contributed by atoms with E-state index in [9.17, 15) is 14.7 Å². The van der Waals surface area contributed by atoms with Crippen LogP contribution < -0.4 is 10.6 Å². The third-order valence-electron chi connectivity index (χ3n) is 5.24. The van der Waals surface area contributed by atoms with Gasteiger partial charge in [-0.3, -0.25) is 14.5 Å². The van der Waals surface area contributed by atoms with Crippen LogP contribution in [0.1, 0.15) is 27.7 Å². The van der Waals surface area contributed by atoms with Gasteiger partial charge in [0.1, 0.15) is 10.8 Å². The first-order chi connectivity index (χ1) is 15.5. The van der Waals surface area contributed by atoms with Gasteiger partial charge in [-0.2, -0.15) is 0 Å². The fraction of sp³-hybridized carbons (Fsp3) is 0.273. The lowest BCUT2D eigenvalue weighted by atomic mass is 9.96. The molecule has 0 bridgehead atoms. The smallest absolute Gasteiger partial charge is 0.286 e. The maximum Gasteiger partial charge on any atom is 0.286 e. The molecule has 4 rings (SSSR count). The number of halogens is 1. The van der Waals surface area contributed by atoms with Crippen LogP contribution in [0.5, 0.6) is 5.75 Å². The van der Waals surface area contributed by atoms with Crippen molar-refractivity contribution in [1.82, 2.24) is 15.1 Å². The summed E-state index contributed by atoms with van der Waals surface area (Å²) in [6.45, 7) is 2.06. The van der Waals surface area contributed by atoms with Gasteiger partial charge in [-0.25, -0.2) is 0 Å². The normalized spacial score (nSPS) is 14.8. The predicted molar refractivity (Wildman–Crippen MR) is 124 cm³/mol. The average molecular weight is 472 g/mol. The average Bonchev–Trinajstić information content (AvgIpc) is 3.26. The van der Waals surface area contributed by atoms with Crippen molar-refractivity contribution in [2.24, 2.45) is 5.92 Å². The minimum atomic E-state index is -0.310. The molecule has 0 spiro atoms. The first-order valence-electron chi connectivity index (χ1n) is 10.2. The van der Waals surface area contributed by atoms with Crippen LogP contribution in [0, 0.1) is 5.92 Å². The van der Waals surface area contributed by atoms with Crippen molar-refractivity contribution in [3.8, 4) is 5.75 Å². The summed E-state index contributed by atoms with van der Waals surface area (Å²) in [5.41, 5.74) is 1.07. The molecule has 3 N–H and O–H groups in total. The number of rotatable bonds is 6. The van der Waals surface area contributed by atoms with Crippen LogP contribution in [0.25, 0.3) is 0 Å². The Morgan fingerprint density at radius 3 is 2.50 bits per heavy atom. The summed E-state index contributed by atoms with van der Waals surface area (Å²) in [7, 11) is 0. The second kappa shape index (κ2) is 10.1. The van der Waals surface area contributed by atoms with E-state index in [4.69, 9.17) is 11.6 Å². The molecule has 1 aliphatic heterocycles. The number of nitrogens with zero attached hydrogens (tertiary/aromatic N) is 3. The summed E-state index contributed by atoms with van der Waals surface area (Å²) in [4.78, 5) is 27.1. The van der Waals surface area contributed by atoms with Crippen LogP contribution >= 0.6 is 22.9 Å². The molecule has 2 heterocycles. The highest BCUT2D eigenvalue weighted by Gasteiger charge is 2.26. The molecule has 0 radical (unpaired) electrons. The molecule has 1 aromatic heterocycles. The van der Waals surface area contributed by atoms with Crippen LogP contribution in [-0.2, 0) is 11.3 Å². The molecule has 8 nitrogen and oxygen atoms in total. The number of nitrogens with one attached hydrogen (secondary N) is 2. The highest BCUT2D eigenvalue weighted by Crippen LogP contribution is 2.26. The van der Waals surface area contributed by atoms with Gasteiger partial charge in [-0.1, -0.05) is 35.1 Å². The molecule has 0 unspecified atom stereocenters. The van der Waals surface area contributed by atoms with Gasteiger partial charge in [0, 0.05) is 16.6 Å². The Balaban J connectivity index is 1.26. The van der Waals surface area contributed by atoms with Crippen molar-refractivity contribution in [3.63, 3.8) is 0 Å². The molecule has 1 aliphatic rings. The Morgan fingerprint density at radius 1 is 1.06 bits per heavy atom. The minimum Gasteiger partial charge on any atom is -0.506 e. The van der Waals surface area contributed by atoms with E-state index in [2.05, 4.69) is 25.7 Å². The van der Waals surface area contributed by atoms with Gasteiger partial charge < -0.3 is 15.7 Å². The van der Waals surface area contributed by atoms with Gasteiger partial charge in [0.15, 0.2) is 0 Å². The molecule has 3 aromatic rings. The van der Waals surface area contributed by atoms with Crippen molar-refractivity contribution in [2.75, 3.05) is 23.7 Å². The number of carbonyl (C=O) groups is 2. The fourth-order valence-corrected chi connectivity index (χ4v) is 4.39. The molecule has 1 saturated heterocycles. The number of aromatic hydroxyl groups is 1. The summed E-state index contributed by atoms with van der Waals surface area (Å²) in [5.74, 6) is -0.440. The summed E-state index contributed by atoms with van der Waals surface area (Å²) < 4.78 is 0. The van der Waals surface area contributed by atoms with Crippen molar-refractivity contribution in [2.45, 2.75) is 19.4 Å². The first-order valence-corrected chi connectivity index (χ1v) is 11.4. The molecule has 0 saturated carbocycles. The summed E-state index contributed by atoms with van der Waals surface area (Å²) in [6.07, 6.45) is 1.42. The van der Waals surface area contributed by atoms with Gasteiger partial charge in [-0.15, -0.1) is 10.2 Å². The molecule has 1 fully saturated rings. The van der Waals surface area contributed by atoms with Gasteiger partial charge in [0.25, 0.3) is 5.91 Å². The van der Waals surface area contributed by atoms with Crippen LogP contribution in [-0.4, -0.2) is 45.1 Å². The summed E-state index contributed by atoms with van der Waals surface area (Å²) in [5, 5.41) is 25.2. The molecule has 0 aliphatic carbocycles. The molecule has 2 amide bonds. The van der Waals surface area contributed by atoms with Gasteiger partial charge >= 0.3 is 0 Å². The Hall–Kier alpha value is -3.01. The SMILES string of the molecule is O=C(Nc1ccc(Cl)cc1)c1nnc(CN2CCC(C(=O)Nc3ccccc3O)CC2)s1. The van der Waals surface area contributed by atoms with Crippen LogP contribution in [0.3, 0.4) is 0 Å². The maximum atomic E-state index is 12.5. The number of hydrogen-bond acceptors (Lipinski definition) is 7. The van der Waals surface area contributed by atoms with Crippen molar-refractivity contribution in [1.29, 1.82) is 0 Å². The summed E-state index contributed by atoms with van der Waals surface area (Å²) in [6, 6.07) is 13.6. The molecule has 166 valence electrons. The second-order valence-electron chi connectivity index (χ2n) is 7.52. The van der Waals surface area contributed by atoms with E-state index in [1.165, 1.54) is 11.3 Å². The second-order valence-corrected chi connectivity index (χ2v) is 9.02. The number of amides is 2. The number of anilines is 2. The lowest BCUT2D eigenvalue weighted by Gasteiger charge is -2.30. The Morgan fingerprint density at radius 2 is 1.78 bits per heavy atom. The predicted octanol–water partition coefficient (Wildman–Crippen LogP) is 4.00. The zero-order chi connectivity index (χ0) is 22.5. The third kappa shape index (κ3) is 5.61. The lowest BCUT2D eigenvalue weighted by molar-refractivity contribution is -0.121. The standard InChI is InChI=1S/C22H22ClN5O3S/c23-15-5-7-16(8-6-15)24-21(31)22-27-26-19(32-22)13-28-11-9-14(10-12-28)20(30)25-17-3-1-2-4-18(17)29/h1-8,14,29H,9-13H2,(H,24,31)(H,25,30). The van der Waals surface area contributed by atoms with E-state index < -0.39 is 0 Å². The monoisotopic (exact) mass is 471 g/mol. The number of aromatic nitrogens is 2. The van der Waals surface area contributed by atoms with Gasteiger partial charge in [0.2, 0.25) is 10.9 Å². The largest absolute Gasteiger partial charge is 0.506 e. The van der Waals surface area contributed by atoms with Crippen LogP contribution in [0.4, 0.5) is 11.4 Å². The number of likely N-dealkylation sites (tertiary alicyclic amines) is 1. The maximum absolute atomic E-state index is 12.5. The minimum absolute atomic E-state index is 0.0606. The first kappa shape index (κ1) is 22.2. The fourth-order valence-electron chi connectivity index (χ4n) is 3.49. The van der Waals surface area contributed by atoms with Gasteiger partial charge in [-0.05, 0) is 62.3 Å². The van der Waals surface area contributed by atoms with E-state index in [0.29, 0.717) is 40.8 Å². The number of para-hydroxylation sites is 2. The van der Waals surface area contributed by atoms with E-state index in [-0.39, 0.29) is 23.5 Å². The molecular weight excluding hydrogens is 450 g/mol. The quantitative estimate of drug-likeness (QED) is 0.469. The van der Waals surface area contributed by atoms with Crippen LogP contribution in [0.2, 0.25) is 5.02 Å².